The van der Waals surface area contributed by atoms with E-state index in [1.165, 1.54) is 161 Å². The highest BCUT2D eigenvalue weighted by molar-refractivity contribution is 5.76. The van der Waals surface area contributed by atoms with E-state index in [2.05, 4.69) is 141 Å². The van der Waals surface area contributed by atoms with E-state index in [9.17, 15) is 30.3 Å². The highest BCUT2D eigenvalue weighted by Crippen LogP contribution is 2.23. The third-order valence-electron chi connectivity index (χ3n) is 16.2. The van der Waals surface area contributed by atoms with Crippen LogP contribution in [0.1, 0.15) is 296 Å². The van der Waals surface area contributed by atoms with Gasteiger partial charge in [-0.3, -0.25) is 4.79 Å². The first-order chi connectivity index (χ1) is 42.8. The van der Waals surface area contributed by atoms with E-state index in [1.54, 1.807) is 6.08 Å². The first kappa shape index (κ1) is 81.3. The van der Waals surface area contributed by atoms with Gasteiger partial charge in [-0.15, -0.1) is 0 Å². The summed E-state index contributed by atoms with van der Waals surface area (Å²) in [4.78, 5) is 13.1. The number of nitrogens with one attached hydrogen (secondary N) is 1. The minimum atomic E-state index is -1.59. The number of aliphatic hydroxyl groups excluding tert-OH is 5. The third kappa shape index (κ3) is 53.8. The van der Waals surface area contributed by atoms with Gasteiger partial charge >= 0.3 is 0 Å². The van der Waals surface area contributed by atoms with E-state index in [-0.39, 0.29) is 12.5 Å². The quantitative estimate of drug-likeness (QED) is 0.0261. The lowest BCUT2D eigenvalue weighted by atomic mass is 9.99. The number of hydrogen-bond donors (Lipinski definition) is 6. The topological polar surface area (TPSA) is 149 Å². The van der Waals surface area contributed by atoms with Crippen LogP contribution in [0.5, 0.6) is 0 Å². The predicted molar refractivity (Wildman–Crippen MR) is 373 cm³/mol. The van der Waals surface area contributed by atoms with E-state index in [4.69, 9.17) is 9.47 Å². The standard InChI is InChI=1S/C78H133NO8/c1-3-5-7-9-11-13-15-17-19-21-23-25-27-29-31-33-35-36-38-40-42-44-46-48-50-52-54-56-58-60-62-64-66-68-74(82)79-71(70-86-78-77(85)76(84)75(83)73(69-80)87-78)72(81)67-65-63-61-59-57-55-53-51-49-47-45-43-41-39-37-34-32-30-28-26-24-22-20-18-16-14-12-10-8-6-4-2/h5,7,11,13,17,19,23,25,29,31,35-36,40,42,46,48-49,51,57,59,65,67,71-73,75-78,80-81,83-85H,3-4,6,8-10,12,14-16,18,20-22,24,26-28,30,32-34,37-39,41,43-45,47,50,52-56,58,60-64,66,68-70H2,1-2H3,(H,79,82)/b7-5-,13-11-,19-17-,25-23-,31-29-,36-35-,42-40-,48-46-,51-49+,59-57+,67-65+. The molecule has 6 N–H and O–H groups in total. The SMILES string of the molecule is CC/C=C\C/C=C\C/C=C\C/C=C\C/C=C\C/C=C\C/C=C\C/C=C\CCCCCCCCCCC(=O)NC(COC1OC(CO)C(O)C(O)C1O)C(O)/C=C/CC/C=C/CC/C=C/CCCCCCCCCCCCCCCCCCCCCCC. The van der Waals surface area contributed by atoms with Gasteiger partial charge in [-0.2, -0.15) is 0 Å². The Kier molecular flexibility index (Phi) is 61.0. The molecule has 0 aromatic carbocycles. The molecule has 7 atom stereocenters. The minimum Gasteiger partial charge on any atom is -0.394 e. The van der Waals surface area contributed by atoms with E-state index < -0.39 is 49.5 Å². The van der Waals surface area contributed by atoms with Crippen molar-refractivity contribution >= 4 is 5.91 Å². The summed E-state index contributed by atoms with van der Waals surface area (Å²) in [5, 5.41) is 54.8. The molecular weight excluding hydrogens is 1080 g/mol. The maximum Gasteiger partial charge on any atom is 0.220 e. The lowest BCUT2D eigenvalue weighted by Gasteiger charge is -2.40. The minimum absolute atomic E-state index is 0.203. The van der Waals surface area contributed by atoms with Crippen LogP contribution in [0.25, 0.3) is 0 Å². The Balaban J connectivity index is 2.20. The van der Waals surface area contributed by atoms with Crippen LogP contribution in [0.2, 0.25) is 0 Å². The van der Waals surface area contributed by atoms with Gasteiger partial charge < -0.3 is 40.3 Å². The van der Waals surface area contributed by atoms with E-state index >= 15 is 0 Å². The van der Waals surface area contributed by atoms with Crippen molar-refractivity contribution < 1.29 is 39.8 Å². The normalized spacial score (nSPS) is 18.8. The third-order valence-corrected chi connectivity index (χ3v) is 16.2. The molecular formula is C78H133NO8. The molecule has 0 aromatic heterocycles. The van der Waals surface area contributed by atoms with E-state index in [1.807, 2.05) is 6.08 Å². The van der Waals surface area contributed by atoms with Crippen LogP contribution in [0.15, 0.2) is 134 Å². The van der Waals surface area contributed by atoms with Crippen molar-refractivity contribution in [2.45, 2.75) is 339 Å². The largest absolute Gasteiger partial charge is 0.394 e. The average molecular weight is 1210 g/mol. The molecule has 1 amide bonds. The van der Waals surface area contributed by atoms with Gasteiger partial charge in [-0.05, 0) is 109 Å². The Morgan fingerprint density at radius 3 is 1.10 bits per heavy atom. The van der Waals surface area contributed by atoms with Gasteiger partial charge in [0.2, 0.25) is 5.91 Å². The summed E-state index contributed by atoms with van der Waals surface area (Å²) >= 11 is 0. The Bertz CT molecular complexity index is 1840. The van der Waals surface area contributed by atoms with Crippen molar-refractivity contribution in [3.8, 4) is 0 Å². The fourth-order valence-corrected chi connectivity index (χ4v) is 10.6. The van der Waals surface area contributed by atoms with E-state index in [0.29, 0.717) is 6.42 Å². The number of hydrogen-bond acceptors (Lipinski definition) is 8. The number of rotatable bonds is 61. The molecule has 0 radical (unpaired) electrons. The second-order valence-electron chi connectivity index (χ2n) is 24.3. The van der Waals surface area contributed by atoms with Crippen molar-refractivity contribution in [3.05, 3.63) is 134 Å². The first-order valence-corrected chi connectivity index (χ1v) is 35.9. The van der Waals surface area contributed by atoms with Crippen molar-refractivity contribution in [2.24, 2.45) is 0 Å². The highest BCUT2D eigenvalue weighted by Gasteiger charge is 2.44. The van der Waals surface area contributed by atoms with Crippen LogP contribution in [-0.4, -0.2) is 87.5 Å². The molecule has 498 valence electrons. The number of amides is 1. The average Bonchev–Trinajstić information content (AvgIpc) is 3.38. The fourth-order valence-electron chi connectivity index (χ4n) is 10.6. The summed E-state index contributed by atoms with van der Waals surface area (Å²) in [5.74, 6) is -0.203. The van der Waals surface area contributed by atoms with Crippen molar-refractivity contribution in [1.29, 1.82) is 0 Å². The lowest BCUT2D eigenvalue weighted by molar-refractivity contribution is -0.302. The smallest absolute Gasteiger partial charge is 0.220 e. The number of allylic oxidation sites excluding steroid dienone is 21. The number of unbranched alkanes of at least 4 members (excludes halogenated alkanes) is 31. The molecule has 9 nitrogen and oxygen atoms in total. The second kappa shape index (κ2) is 65.3. The van der Waals surface area contributed by atoms with Crippen molar-refractivity contribution in [2.75, 3.05) is 13.2 Å². The summed E-state index contributed by atoms with van der Waals surface area (Å²) in [6.45, 7) is 3.66. The molecule has 9 heteroatoms. The van der Waals surface area contributed by atoms with Gasteiger partial charge in [0.25, 0.3) is 0 Å². The predicted octanol–water partition coefficient (Wildman–Crippen LogP) is 20.0. The first-order valence-electron chi connectivity index (χ1n) is 35.9. The van der Waals surface area contributed by atoms with Crippen LogP contribution in [0.3, 0.4) is 0 Å². The molecule has 0 aromatic rings. The van der Waals surface area contributed by atoms with Gasteiger partial charge in [-0.25, -0.2) is 0 Å². The second-order valence-corrected chi connectivity index (χ2v) is 24.3. The monoisotopic (exact) mass is 1210 g/mol. The molecule has 1 fully saturated rings. The number of ether oxygens (including phenoxy) is 2. The summed E-state index contributed by atoms with van der Waals surface area (Å²) in [7, 11) is 0. The molecule has 87 heavy (non-hydrogen) atoms. The molecule has 1 aliphatic heterocycles. The Morgan fingerprint density at radius 2 is 0.724 bits per heavy atom. The molecule has 1 rings (SSSR count). The molecule has 1 saturated heterocycles. The summed E-state index contributed by atoms with van der Waals surface area (Å²) in [6, 6.07) is -0.845. The number of carbonyl (C=O) groups excluding carboxylic acids is 1. The Morgan fingerprint density at radius 1 is 0.402 bits per heavy atom. The van der Waals surface area contributed by atoms with Crippen molar-refractivity contribution in [1.82, 2.24) is 5.32 Å². The Labute approximate surface area is 534 Å². The maximum absolute atomic E-state index is 13.1. The molecule has 1 heterocycles. The molecule has 7 unspecified atom stereocenters. The zero-order chi connectivity index (χ0) is 62.8. The Hall–Kier alpha value is -3.67. The van der Waals surface area contributed by atoms with Crippen molar-refractivity contribution in [3.63, 3.8) is 0 Å². The van der Waals surface area contributed by atoms with Gasteiger partial charge in [0, 0.05) is 6.42 Å². The van der Waals surface area contributed by atoms with E-state index in [0.717, 1.165) is 116 Å². The maximum atomic E-state index is 13.1. The highest BCUT2D eigenvalue weighted by atomic mass is 16.7. The van der Waals surface area contributed by atoms with Crippen LogP contribution in [0, 0.1) is 0 Å². The summed E-state index contributed by atoms with van der Waals surface area (Å²) in [6.07, 6.45) is 92.7. The van der Waals surface area contributed by atoms with Gasteiger partial charge in [0.15, 0.2) is 6.29 Å². The molecule has 0 spiro atoms. The van der Waals surface area contributed by atoms with Gasteiger partial charge in [0.1, 0.15) is 24.4 Å². The zero-order valence-corrected chi connectivity index (χ0v) is 55.7. The molecule has 0 bridgehead atoms. The van der Waals surface area contributed by atoms with Crippen LogP contribution >= 0.6 is 0 Å². The molecule has 0 aliphatic carbocycles. The zero-order valence-electron chi connectivity index (χ0n) is 55.7. The summed E-state index contributed by atoms with van der Waals surface area (Å²) in [5.41, 5.74) is 0. The van der Waals surface area contributed by atoms with Crippen LogP contribution in [0.4, 0.5) is 0 Å². The number of aliphatic hydroxyl groups is 5. The van der Waals surface area contributed by atoms with Gasteiger partial charge in [0.05, 0.1) is 25.4 Å². The van der Waals surface area contributed by atoms with Gasteiger partial charge in [-0.1, -0.05) is 314 Å². The van der Waals surface area contributed by atoms with Crippen LogP contribution < -0.4 is 5.32 Å². The molecule has 1 aliphatic rings. The number of carbonyl (C=O) groups is 1. The summed E-state index contributed by atoms with van der Waals surface area (Å²) < 4.78 is 11.3. The lowest BCUT2D eigenvalue weighted by Crippen LogP contribution is -2.60. The molecule has 0 saturated carbocycles. The van der Waals surface area contributed by atoms with Crippen LogP contribution in [-0.2, 0) is 14.3 Å². The fraction of sp³-hybridized carbons (Fsp3) is 0.705.